The van der Waals surface area contributed by atoms with E-state index in [-0.39, 0.29) is 5.28 Å². The second kappa shape index (κ2) is 5.55. The highest BCUT2D eigenvalue weighted by Crippen LogP contribution is 2.39. The molecule has 0 saturated carbocycles. The third-order valence-corrected chi connectivity index (χ3v) is 2.37. The molecule has 18 heavy (non-hydrogen) atoms. The van der Waals surface area contributed by atoms with Crippen LogP contribution in [0.15, 0.2) is 30.5 Å². The Kier molecular flexibility index (Phi) is 3.84. The predicted octanol–water partition coefficient (Wildman–Crippen LogP) is 2.94. The zero-order valence-corrected chi connectivity index (χ0v) is 10.6. The highest BCUT2D eigenvalue weighted by molar-refractivity contribution is 6.28. The van der Waals surface area contributed by atoms with E-state index in [0.717, 1.165) is 0 Å². The Morgan fingerprint density at radius 1 is 1.06 bits per heavy atom. The molecule has 2 aromatic rings. The molecule has 0 aliphatic rings. The topological polar surface area (TPSA) is 53.5 Å². The molecular formula is C12H11ClN2O3. The van der Waals surface area contributed by atoms with E-state index in [0.29, 0.717) is 23.1 Å². The van der Waals surface area contributed by atoms with E-state index in [1.165, 1.54) is 6.20 Å². The first kappa shape index (κ1) is 12.4. The summed E-state index contributed by atoms with van der Waals surface area (Å²) in [4.78, 5) is 7.72. The predicted molar refractivity (Wildman–Crippen MR) is 66.7 cm³/mol. The van der Waals surface area contributed by atoms with Crippen LogP contribution in [0.3, 0.4) is 0 Å². The van der Waals surface area contributed by atoms with Gasteiger partial charge < -0.3 is 14.2 Å². The average molecular weight is 267 g/mol. The highest BCUT2D eigenvalue weighted by Gasteiger charge is 2.13. The fourth-order valence-electron chi connectivity index (χ4n) is 1.40. The Bertz CT molecular complexity index is 526. The molecule has 1 heterocycles. The lowest BCUT2D eigenvalue weighted by molar-refractivity contribution is 0.341. The van der Waals surface area contributed by atoms with Crippen molar-refractivity contribution in [2.45, 2.75) is 0 Å². The number of methoxy groups -OCH3 is 2. The van der Waals surface area contributed by atoms with E-state index in [4.69, 9.17) is 25.8 Å². The normalized spacial score (nSPS) is 9.94. The number of benzene rings is 1. The van der Waals surface area contributed by atoms with Gasteiger partial charge in [-0.1, -0.05) is 6.07 Å². The van der Waals surface area contributed by atoms with Crippen molar-refractivity contribution >= 4 is 11.6 Å². The van der Waals surface area contributed by atoms with Gasteiger partial charge in [-0.3, -0.25) is 0 Å². The standard InChI is InChI=1S/C12H11ClN2O3/c1-16-8-4-3-5-9(17-2)11(8)18-10-6-7-14-12(13)15-10/h3-7H,1-2H3. The zero-order chi connectivity index (χ0) is 13.0. The van der Waals surface area contributed by atoms with Crippen LogP contribution in [0, 0.1) is 0 Å². The average Bonchev–Trinajstić information content (AvgIpc) is 2.39. The van der Waals surface area contributed by atoms with Crippen LogP contribution in [-0.4, -0.2) is 24.2 Å². The van der Waals surface area contributed by atoms with Crippen molar-refractivity contribution in [2.24, 2.45) is 0 Å². The van der Waals surface area contributed by atoms with Gasteiger partial charge in [0.05, 0.1) is 14.2 Å². The Morgan fingerprint density at radius 2 is 1.72 bits per heavy atom. The molecule has 0 unspecified atom stereocenters. The van der Waals surface area contributed by atoms with Crippen molar-refractivity contribution in [3.05, 3.63) is 35.7 Å². The van der Waals surface area contributed by atoms with Gasteiger partial charge in [0.2, 0.25) is 16.9 Å². The Hall–Kier alpha value is -2.01. The Labute approximate surface area is 109 Å². The van der Waals surface area contributed by atoms with Crippen LogP contribution in [0.4, 0.5) is 0 Å². The Balaban J connectivity index is 2.38. The first-order valence-electron chi connectivity index (χ1n) is 5.12. The van der Waals surface area contributed by atoms with Crippen molar-refractivity contribution < 1.29 is 14.2 Å². The molecule has 1 aromatic carbocycles. The van der Waals surface area contributed by atoms with Gasteiger partial charge in [-0.25, -0.2) is 4.98 Å². The quantitative estimate of drug-likeness (QED) is 0.797. The fraction of sp³-hybridized carbons (Fsp3) is 0.167. The highest BCUT2D eigenvalue weighted by atomic mass is 35.5. The van der Waals surface area contributed by atoms with Crippen LogP contribution in [0.2, 0.25) is 5.28 Å². The summed E-state index contributed by atoms with van der Waals surface area (Å²) in [5.74, 6) is 1.85. The summed E-state index contributed by atoms with van der Waals surface area (Å²) in [6, 6.07) is 6.93. The smallest absolute Gasteiger partial charge is 0.225 e. The third-order valence-electron chi connectivity index (χ3n) is 2.19. The number of para-hydroxylation sites is 1. The second-order valence-corrected chi connectivity index (χ2v) is 3.60. The van der Waals surface area contributed by atoms with Crippen molar-refractivity contribution in [1.29, 1.82) is 0 Å². The van der Waals surface area contributed by atoms with Crippen molar-refractivity contribution in [2.75, 3.05) is 14.2 Å². The fourth-order valence-corrected chi connectivity index (χ4v) is 1.54. The van der Waals surface area contributed by atoms with Gasteiger partial charge in [-0.05, 0) is 23.7 Å². The van der Waals surface area contributed by atoms with Crippen LogP contribution in [0.1, 0.15) is 0 Å². The largest absolute Gasteiger partial charge is 0.493 e. The lowest BCUT2D eigenvalue weighted by atomic mass is 10.3. The molecule has 5 nitrogen and oxygen atoms in total. The molecule has 0 aliphatic heterocycles. The van der Waals surface area contributed by atoms with E-state index >= 15 is 0 Å². The van der Waals surface area contributed by atoms with E-state index in [9.17, 15) is 0 Å². The van der Waals surface area contributed by atoms with Crippen LogP contribution >= 0.6 is 11.6 Å². The Morgan fingerprint density at radius 3 is 2.28 bits per heavy atom. The van der Waals surface area contributed by atoms with Gasteiger partial charge >= 0.3 is 0 Å². The molecule has 1 aromatic heterocycles. The maximum absolute atomic E-state index is 5.69. The van der Waals surface area contributed by atoms with Crippen LogP contribution in [0.25, 0.3) is 0 Å². The number of hydrogen-bond acceptors (Lipinski definition) is 5. The summed E-state index contributed by atoms with van der Waals surface area (Å²) in [5, 5.41) is 0.112. The van der Waals surface area contributed by atoms with Crippen LogP contribution in [-0.2, 0) is 0 Å². The van der Waals surface area contributed by atoms with Crippen molar-refractivity contribution in [1.82, 2.24) is 9.97 Å². The maximum atomic E-state index is 5.69. The van der Waals surface area contributed by atoms with Gasteiger partial charge in [-0.15, -0.1) is 0 Å². The van der Waals surface area contributed by atoms with E-state index in [1.54, 1.807) is 38.5 Å². The molecule has 0 fully saturated rings. The molecule has 0 N–H and O–H groups in total. The van der Waals surface area contributed by atoms with Gasteiger partial charge in [0.25, 0.3) is 0 Å². The molecule has 6 heteroatoms. The van der Waals surface area contributed by atoms with E-state index in [2.05, 4.69) is 9.97 Å². The number of halogens is 1. The third kappa shape index (κ3) is 2.62. The zero-order valence-electron chi connectivity index (χ0n) is 9.88. The second-order valence-electron chi connectivity index (χ2n) is 3.26. The molecule has 0 aliphatic carbocycles. The molecule has 0 bridgehead atoms. The van der Waals surface area contributed by atoms with E-state index < -0.39 is 0 Å². The molecule has 0 saturated heterocycles. The molecule has 0 spiro atoms. The van der Waals surface area contributed by atoms with Gasteiger partial charge in [0, 0.05) is 12.3 Å². The summed E-state index contributed by atoms with van der Waals surface area (Å²) in [7, 11) is 3.10. The molecule has 0 atom stereocenters. The van der Waals surface area contributed by atoms with Crippen LogP contribution < -0.4 is 14.2 Å². The minimum absolute atomic E-state index is 0.112. The van der Waals surface area contributed by atoms with Crippen molar-refractivity contribution in [3.63, 3.8) is 0 Å². The summed E-state index contributed by atoms with van der Waals surface area (Å²) in [6.07, 6.45) is 1.51. The van der Waals surface area contributed by atoms with Gasteiger partial charge in [-0.2, -0.15) is 4.98 Å². The van der Waals surface area contributed by atoms with E-state index in [1.807, 2.05) is 0 Å². The minimum Gasteiger partial charge on any atom is -0.493 e. The number of hydrogen-bond donors (Lipinski definition) is 0. The maximum Gasteiger partial charge on any atom is 0.225 e. The lowest BCUT2D eigenvalue weighted by Crippen LogP contribution is -1.96. The molecule has 94 valence electrons. The number of ether oxygens (including phenoxy) is 3. The number of nitrogens with zero attached hydrogens (tertiary/aromatic N) is 2. The van der Waals surface area contributed by atoms with Gasteiger partial charge in [0.15, 0.2) is 11.5 Å². The first-order chi connectivity index (χ1) is 8.74. The number of aromatic nitrogens is 2. The lowest BCUT2D eigenvalue weighted by Gasteiger charge is -2.12. The summed E-state index contributed by atoms with van der Waals surface area (Å²) >= 11 is 5.69. The SMILES string of the molecule is COc1cccc(OC)c1Oc1ccnc(Cl)n1. The summed E-state index contributed by atoms with van der Waals surface area (Å²) < 4.78 is 16.0. The monoisotopic (exact) mass is 266 g/mol. The summed E-state index contributed by atoms with van der Waals surface area (Å²) in [5.41, 5.74) is 0. The first-order valence-corrected chi connectivity index (χ1v) is 5.49. The number of rotatable bonds is 4. The minimum atomic E-state index is 0.112. The van der Waals surface area contributed by atoms with Gasteiger partial charge in [0.1, 0.15) is 0 Å². The summed E-state index contributed by atoms with van der Waals surface area (Å²) in [6.45, 7) is 0. The van der Waals surface area contributed by atoms with Crippen molar-refractivity contribution in [3.8, 4) is 23.1 Å². The molecule has 2 rings (SSSR count). The van der Waals surface area contributed by atoms with Crippen LogP contribution in [0.5, 0.6) is 23.1 Å². The molecule has 0 radical (unpaired) electrons. The molecular weight excluding hydrogens is 256 g/mol. The molecule has 0 amide bonds.